The number of rotatable bonds is 19. The van der Waals surface area contributed by atoms with Crippen molar-refractivity contribution < 1.29 is 168 Å². The third kappa shape index (κ3) is 48.1. The molecular formula is C68H74N8O38S8. The number of cyclic esters (lactones) is 2. The van der Waals surface area contributed by atoms with Crippen molar-refractivity contribution >= 4 is 182 Å². The number of amides is 1. The van der Waals surface area contributed by atoms with Crippen LogP contribution >= 0.6 is 0 Å². The zero-order chi connectivity index (χ0) is 93.6. The molecule has 3 atom stereocenters. The Morgan fingerprint density at radius 3 is 0.951 bits per heavy atom. The molecule has 0 bridgehead atoms. The van der Waals surface area contributed by atoms with Crippen molar-refractivity contribution in [2.75, 3.05) is 85.2 Å². The summed E-state index contributed by atoms with van der Waals surface area (Å²) in [5.41, 5.74) is 12.2. The minimum Gasteiger partial charge on any atom is -0.495 e. The monoisotopic (exact) mass is 1870 g/mol. The highest BCUT2D eigenvalue weighted by Gasteiger charge is 2.32. The van der Waals surface area contributed by atoms with E-state index >= 15 is 0 Å². The van der Waals surface area contributed by atoms with Crippen molar-refractivity contribution in [3.05, 3.63) is 168 Å². The topological polar surface area (TPSA) is 671 Å². The number of nitrogens with zero attached hydrogens (tertiary/aromatic N) is 4. The number of hydrogen-bond acceptors (Lipinski definition) is 45. The summed E-state index contributed by atoms with van der Waals surface area (Å²) in [6, 6.07) is 34.0. The highest BCUT2D eigenvalue weighted by atomic mass is 32.2. The Hall–Kier alpha value is -13.9. The number of esters is 2. The molecule has 1 aliphatic heterocycles. The van der Waals surface area contributed by atoms with Crippen LogP contribution in [0.25, 0.3) is 0 Å². The lowest BCUT2D eigenvalue weighted by molar-refractivity contribution is -0.191. The van der Waals surface area contributed by atoms with Crippen LogP contribution in [-0.4, -0.2) is 229 Å². The molecule has 9 rings (SSSR count). The number of benzene rings is 6. The van der Waals surface area contributed by atoms with Crippen LogP contribution < -0.4 is 49.7 Å². The summed E-state index contributed by atoms with van der Waals surface area (Å²) in [5, 5.41) is 21.9. The molecule has 0 spiro atoms. The molecule has 122 heavy (non-hydrogen) atoms. The summed E-state index contributed by atoms with van der Waals surface area (Å²) < 4.78 is 256. The Morgan fingerprint density at radius 1 is 0.377 bits per heavy atom. The molecule has 3 aliphatic rings. The second-order valence-electron chi connectivity index (χ2n) is 21.6. The molecule has 0 aromatic heterocycles. The molecule has 1 saturated heterocycles. The summed E-state index contributed by atoms with van der Waals surface area (Å²) in [4.78, 5) is 52.2. The minimum absolute atomic E-state index is 0.433. The van der Waals surface area contributed by atoms with Crippen molar-refractivity contribution in [2.45, 2.75) is 52.9 Å². The Balaban J connectivity index is 0. The van der Waals surface area contributed by atoms with Gasteiger partial charge in [-0.05, 0) is 143 Å². The van der Waals surface area contributed by atoms with Crippen LogP contribution in [0.2, 0.25) is 0 Å². The summed E-state index contributed by atoms with van der Waals surface area (Å²) >= 11 is 0. The van der Waals surface area contributed by atoms with E-state index in [0.29, 0.717) is 74.4 Å². The maximum Gasteiger partial charge on any atom is 0.425 e. The average molecular weight is 1870 g/mol. The largest absolute Gasteiger partial charge is 0.495 e. The first-order valence-electron chi connectivity index (χ1n) is 32.2. The molecule has 5 N–H and O–H groups in total. The Labute approximate surface area is 706 Å². The zero-order valence-corrected chi connectivity index (χ0v) is 72.2. The SMILES string of the molecule is CC1OC(=O)C(C)OC1=O.CNc1ccc(Nc2ccc(N=C3C=CC(=Nc4ccc(C)cc4OC)C=C3OC)cc2OC)cc1OC.COC1=CC(=Nc2ccc(C)cc2OC)C=CC1=Nc1ccc(Nc2ccc(NC(=O)C(C)O)c(OC)c2)c(OC)c1.O=S(=O)=O.O=S(=O)=O.O=S(=O)=O.O=S(=O)=O.O=S(=O)=O.O=S(=O)=O.O=S(=O)=O.O=S(=O)=O. The van der Waals surface area contributed by atoms with Crippen molar-refractivity contribution in [3.63, 3.8) is 0 Å². The Kier molecular flexibility index (Phi) is 53.9. The second kappa shape index (κ2) is 59.7. The fourth-order valence-corrected chi connectivity index (χ4v) is 8.70. The van der Waals surface area contributed by atoms with Crippen molar-refractivity contribution in [2.24, 2.45) is 20.0 Å². The standard InChI is InChI=1S/C32H34N4O6.C30H32N4O4.C6H8O4.8O3S/c1-19-7-11-24(28(15-19)39-3)33-21-8-12-25(29(16-21)40-4)34-22-9-13-26(30(17-22)41-5)35-23-10-14-27(31(18-23)42-6)36-32(38)20(2)37;1-19-7-11-24(27(15-19)35-3)32-21-9-13-26(29(17-21)37-5)34-22-10-14-25(30(18-22)38-6)33-20-8-12-23(31-2)28(16-20)36-4;1-3-5(7)10-4(2)6(8)9-3;8*1-4(2)3/h7-18,20,35,37H,1-6H3,(H,36,38);7-18,31,33H,1-6H3;3-4H,1-2H3;;;;;;;;. The van der Waals surface area contributed by atoms with Gasteiger partial charge in [-0.3, -0.25) is 4.79 Å². The van der Waals surface area contributed by atoms with Gasteiger partial charge in [0.05, 0.1) is 102 Å². The molecule has 0 radical (unpaired) electrons. The lowest BCUT2D eigenvalue weighted by atomic mass is 10.1. The number of aliphatic hydroxyl groups excluding tert-OH is 1. The fraction of sp³-hybridized carbons (Fsp3) is 0.250. The molecule has 6 aromatic carbocycles. The van der Waals surface area contributed by atoms with E-state index < -0.39 is 121 Å². The number of hydrogen-bond donors (Lipinski definition) is 5. The van der Waals surface area contributed by atoms with Crippen LogP contribution in [0.15, 0.2) is 177 Å². The summed E-state index contributed by atoms with van der Waals surface area (Å²) in [6.45, 7) is 8.37. The number of aryl methyl sites for hydroxylation is 2. The number of aliphatic hydroxyl groups is 1. The normalized spacial score (nSPS) is 14.1. The molecule has 1 heterocycles. The number of anilines is 6. The number of nitrogens with one attached hydrogen (secondary N) is 4. The number of ether oxygens (including phenoxy) is 10. The van der Waals surface area contributed by atoms with Gasteiger partial charge in [-0.15, -0.1) is 101 Å². The van der Waals surface area contributed by atoms with E-state index in [-0.39, 0.29) is 0 Å². The van der Waals surface area contributed by atoms with Crippen LogP contribution in [0.5, 0.6) is 34.5 Å². The average Bonchev–Trinajstić information content (AvgIpc) is 0.820. The first kappa shape index (κ1) is 110. The van der Waals surface area contributed by atoms with Gasteiger partial charge < -0.3 is 73.7 Å². The molecule has 1 amide bonds. The number of aliphatic imine (C=N–C) groups is 4. The van der Waals surface area contributed by atoms with Gasteiger partial charge in [0.15, 0.2) is 12.2 Å². The molecule has 1 fully saturated rings. The molecule has 662 valence electrons. The van der Waals surface area contributed by atoms with E-state index in [1.165, 1.54) is 27.9 Å². The van der Waals surface area contributed by atoms with Gasteiger partial charge in [0.2, 0.25) is 0 Å². The number of methoxy groups -OCH3 is 8. The first-order chi connectivity index (χ1) is 57.2. The predicted molar refractivity (Wildman–Crippen MR) is 429 cm³/mol. The maximum atomic E-state index is 11.9. The zero-order valence-electron chi connectivity index (χ0n) is 65.7. The highest BCUT2D eigenvalue weighted by Crippen LogP contribution is 2.38. The van der Waals surface area contributed by atoms with E-state index in [9.17, 15) is 19.5 Å². The first-order valence-corrected chi connectivity index (χ1v) is 40.2. The van der Waals surface area contributed by atoms with Crippen LogP contribution in [0.3, 0.4) is 0 Å². The van der Waals surface area contributed by atoms with Crippen LogP contribution in [0, 0.1) is 13.8 Å². The van der Waals surface area contributed by atoms with Gasteiger partial charge >= 0.3 is 96.8 Å². The van der Waals surface area contributed by atoms with Gasteiger partial charge in [0, 0.05) is 54.8 Å². The molecule has 46 nitrogen and oxygen atoms in total. The fourth-order valence-electron chi connectivity index (χ4n) is 8.70. The van der Waals surface area contributed by atoms with E-state index in [1.807, 2.05) is 148 Å². The third-order valence-electron chi connectivity index (χ3n) is 13.5. The van der Waals surface area contributed by atoms with Crippen LogP contribution in [0.4, 0.5) is 56.9 Å². The summed E-state index contributed by atoms with van der Waals surface area (Å²) in [7, 11) is -10.2. The predicted octanol–water partition coefficient (Wildman–Crippen LogP) is 4.61. The highest BCUT2D eigenvalue weighted by molar-refractivity contribution is 7.60. The van der Waals surface area contributed by atoms with Crippen molar-refractivity contribution in [1.29, 1.82) is 0 Å². The maximum absolute atomic E-state index is 11.9. The van der Waals surface area contributed by atoms with Crippen molar-refractivity contribution in [1.82, 2.24) is 0 Å². The third-order valence-corrected chi connectivity index (χ3v) is 13.5. The van der Waals surface area contributed by atoms with E-state index in [4.69, 9.17) is 159 Å². The Bertz CT molecular complexity index is 5520. The molecule has 0 saturated carbocycles. The van der Waals surface area contributed by atoms with Crippen LogP contribution in [-0.2, 0) is 118 Å². The number of allylic oxidation sites excluding steroid dienone is 6. The van der Waals surface area contributed by atoms with E-state index in [1.54, 1.807) is 68.0 Å². The number of carbonyl (C=O) groups excluding carboxylic acids is 3. The lowest BCUT2D eigenvalue weighted by Crippen LogP contribution is -2.40. The lowest BCUT2D eigenvalue weighted by Gasteiger charge is -2.22. The van der Waals surface area contributed by atoms with Gasteiger partial charge in [-0.1, -0.05) is 12.1 Å². The van der Waals surface area contributed by atoms with Gasteiger partial charge in [0.1, 0.15) is 74.9 Å². The summed E-state index contributed by atoms with van der Waals surface area (Å²) in [5.74, 6) is 3.50. The van der Waals surface area contributed by atoms with E-state index in [0.717, 1.165) is 62.5 Å². The van der Waals surface area contributed by atoms with E-state index in [2.05, 4.69) is 30.7 Å². The summed E-state index contributed by atoms with van der Waals surface area (Å²) in [6.07, 6.45) is 8.54. The second-order valence-corrected chi connectivity index (χ2v) is 24.8. The van der Waals surface area contributed by atoms with Gasteiger partial charge in [-0.2, -0.15) is 0 Å². The Morgan fingerprint density at radius 2 is 0.664 bits per heavy atom. The number of carbonyl (C=O) groups is 3. The van der Waals surface area contributed by atoms with Gasteiger partial charge in [-0.25, -0.2) is 29.6 Å². The smallest absolute Gasteiger partial charge is 0.425 e. The quantitative estimate of drug-likeness (QED) is 0.0546. The molecule has 2 aliphatic carbocycles. The molecular weight excluding hydrogens is 1790 g/mol. The van der Waals surface area contributed by atoms with Gasteiger partial charge in [0.25, 0.3) is 5.91 Å². The molecule has 54 heteroatoms. The van der Waals surface area contributed by atoms with Crippen molar-refractivity contribution in [3.8, 4) is 34.5 Å². The minimum atomic E-state index is -3.11. The molecule has 6 aromatic rings. The molecule has 3 unspecified atom stereocenters. The van der Waals surface area contributed by atoms with Crippen LogP contribution in [0.1, 0.15) is 31.9 Å².